The van der Waals surface area contributed by atoms with E-state index in [1.165, 1.54) is 0 Å². The Labute approximate surface area is 116 Å². The maximum absolute atomic E-state index is 12.3. The van der Waals surface area contributed by atoms with E-state index in [1.54, 1.807) is 22.9 Å². The summed E-state index contributed by atoms with van der Waals surface area (Å²) in [5.41, 5.74) is 6.24. The van der Waals surface area contributed by atoms with Crippen molar-refractivity contribution in [2.24, 2.45) is 17.9 Å². The number of amidine groups is 1. The number of nitrogens with zero attached hydrogens (tertiary/aromatic N) is 4. The van der Waals surface area contributed by atoms with Crippen molar-refractivity contribution in [1.29, 1.82) is 0 Å². The van der Waals surface area contributed by atoms with E-state index in [1.807, 2.05) is 24.7 Å². The lowest BCUT2D eigenvalue weighted by atomic mass is 10.2. The zero-order valence-corrected chi connectivity index (χ0v) is 11.4. The minimum atomic E-state index is -0.269. The Morgan fingerprint density at radius 2 is 2.25 bits per heavy atom. The predicted octanol–water partition coefficient (Wildman–Crippen LogP) is 0.227. The van der Waals surface area contributed by atoms with Crippen molar-refractivity contribution in [2.45, 2.75) is 19.9 Å². The third-order valence-electron chi connectivity index (χ3n) is 3.26. The average Bonchev–Trinajstić information content (AvgIpc) is 2.83. The van der Waals surface area contributed by atoms with Crippen LogP contribution in [-0.2, 0) is 20.0 Å². The van der Waals surface area contributed by atoms with Crippen LogP contribution in [0.15, 0.2) is 34.5 Å². The predicted molar refractivity (Wildman–Crippen MR) is 74.9 cm³/mol. The van der Waals surface area contributed by atoms with Gasteiger partial charge in [-0.25, -0.2) is 4.98 Å². The van der Waals surface area contributed by atoms with E-state index in [4.69, 9.17) is 10.9 Å². The van der Waals surface area contributed by atoms with Crippen molar-refractivity contribution in [3.05, 3.63) is 52.0 Å². The molecule has 7 heteroatoms. The van der Waals surface area contributed by atoms with Gasteiger partial charge in [-0.2, -0.15) is 0 Å². The lowest BCUT2D eigenvalue weighted by Gasteiger charge is -2.11. The Morgan fingerprint density at radius 3 is 2.85 bits per heavy atom. The summed E-state index contributed by atoms with van der Waals surface area (Å²) in [6.45, 7) is 2.33. The highest BCUT2D eigenvalue weighted by Gasteiger charge is 2.10. The van der Waals surface area contributed by atoms with Crippen molar-refractivity contribution in [2.75, 3.05) is 0 Å². The van der Waals surface area contributed by atoms with Crippen LogP contribution in [0.3, 0.4) is 0 Å². The summed E-state index contributed by atoms with van der Waals surface area (Å²) in [5.74, 6) is 0.714. The van der Waals surface area contributed by atoms with Gasteiger partial charge in [0.1, 0.15) is 5.82 Å². The molecule has 0 atom stereocenters. The normalized spacial score (nSPS) is 11.8. The molecule has 3 N–H and O–H groups in total. The van der Waals surface area contributed by atoms with Crippen LogP contribution in [0.1, 0.15) is 17.1 Å². The molecule has 0 saturated heterocycles. The zero-order chi connectivity index (χ0) is 14.7. The molecule has 0 aliphatic carbocycles. The smallest absolute Gasteiger partial charge is 0.261 e. The van der Waals surface area contributed by atoms with Gasteiger partial charge in [0.15, 0.2) is 5.84 Å². The lowest BCUT2D eigenvalue weighted by molar-refractivity contribution is 0.318. The first-order valence-corrected chi connectivity index (χ1v) is 6.19. The summed E-state index contributed by atoms with van der Waals surface area (Å²) in [6, 6.07) is 3.33. The van der Waals surface area contributed by atoms with Crippen molar-refractivity contribution in [3.63, 3.8) is 0 Å². The quantitative estimate of drug-likeness (QED) is 0.361. The summed E-state index contributed by atoms with van der Waals surface area (Å²) >= 11 is 0. The van der Waals surface area contributed by atoms with Crippen molar-refractivity contribution in [3.8, 4) is 0 Å². The third-order valence-corrected chi connectivity index (χ3v) is 3.26. The Kier molecular flexibility index (Phi) is 3.88. The number of rotatable bonds is 4. The van der Waals surface area contributed by atoms with Crippen LogP contribution < -0.4 is 11.3 Å². The summed E-state index contributed by atoms with van der Waals surface area (Å²) in [5, 5.41) is 11.6. The topological polar surface area (TPSA) is 98.4 Å². The SMILES string of the molecule is Cc1ccc(/C(N)=N/O)c(=O)n1CCc1nccn1C. The van der Waals surface area contributed by atoms with Crippen LogP contribution in [-0.4, -0.2) is 25.2 Å². The van der Waals surface area contributed by atoms with E-state index in [9.17, 15) is 4.79 Å². The second-order valence-electron chi connectivity index (χ2n) is 4.53. The molecule has 0 aliphatic heterocycles. The Bertz CT molecular complexity index is 699. The number of pyridine rings is 1. The summed E-state index contributed by atoms with van der Waals surface area (Å²) in [4.78, 5) is 16.5. The molecule has 20 heavy (non-hydrogen) atoms. The molecule has 0 fully saturated rings. The van der Waals surface area contributed by atoms with Gasteiger partial charge in [0, 0.05) is 38.1 Å². The maximum Gasteiger partial charge on any atom is 0.261 e. The van der Waals surface area contributed by atoms with E-state index in [0.29, 0.717) is 13.0 Å². The van der Waals surface area contributed by atoms with E-state index in [-0.39, 0.29) is 17.0 Å². The van der Waals surface area contributed by atoms with Gasteiger partial charge in [0.25, 0.3) is 5.56 Å². The fourth-order valence-electron chi connectivity index (χ4n) is 2.05. The van der Waals surface area contributed by atoms with Gasteiger partial charge in [-0.15, -0.1) is 0 Å². The number of aromatic nitrogens is 3. The van der Waals surface area contributed by atoms with Crippen molar-refractivity contribution in [1.82, 2.24) is 14.1 Å². The highest BCUT2D eigenvalue weighted by atomic mass is 16.4. The standard InChI is InChI=1S/C13H17N5O2/c1-9-3-4-10(12(14)16-20)13(19)18(9)7-5-11-15-6-8-17(11)2/h3-4,6,8,20H,5,7H2,1-2H3,(H2,14,16). The first-order chi connectivity index (χ1) is 9.54. The second kappa shape index (κ2) is 5.60. The van der Waals surface area contributed by atoms with Crippen molar-refractivity contribution < 1.29 is 5.21 Å². The van der Waals surface area contributed by atoms with Gasteiger partial charge < -0.3 is 20.1 Å². The lowest BCUT2D eigenvalue weighted by Crippen LogP contribution is -2.31. The summed E-state index contributed by atoms with van der Waals surface area (Å²) in [6.07, 6.45) is 4.21. The van der Waals surface area contributed by atoms with E-state index >= 15 is 0 Å². The van der Waals surface area contributed by atoms with E-state index in [2.05, 4.69) is 10.1 Å². The van der Waals surface area contributed by atoms with Crippen molar-refractivity contribution >= 4 is 5.84 Å². The highest BCUT2D eigenvalue weighted by Crippen LogP contribution is 2.02. The molecule has 0 radical (unpaired) electrons. The molecular weight excluding hydrogens is 258 g/mol. The van der Waals surface area contributed by atoms with Crippen LogP contribution in [0.2, 0.25) is 0 Å². The van der Waals surface area contributed by atoms with Crippen LogP contribution >= 0.6 is 0 Å². The number of hydrogen-bond donors (Lipinski definition) is 2. The van der Waals surface area contributed by atoms with Gasteiger partial charge in [-0.3, -0.25) is 4.79 Å². The number of oxime groups is 1. The van der Waals surface area contributed by atoms with E-state index in [0.717, 1.165) is 11.5 Å². The molecule has 2 aromatic rings. The molecular formula is C13H17N5O2. The number of hydrogen-bond acceptors (Lipinski definition) is 4. The Hall–Kier alpha value is -2.57. The Morgan fingerprint density at radius 1 is 1.50 bits per heavy atom. The minimum Gasteiger partial charge on any atom is -0.409 e. The second-order valence-corrected chi connectivity index (χ2v) is 4.53. The fraction of sp³-hybridized carbons (Fsp3) is 0.308. The number of nitrogens with two attached hydrogens (primary N) is 1. The van der Waals surface area contributed by atoms with Crippen LogP contribution in [0, 0.1) is 6.92 Å². The molecule has 0 bridgehead atoms. The highest BCUT2D eigenvalue weighted by molar-refractivity contribution is 5.96. The largest absolute Gasteiger partial charge is 0.409 e. The number of imidazole rings is 1. The first-order valence-electron chi connectivity index (χ1n) is 6.19. The summed E-state index contributed by atoms with van der Waals surface area (Å²) < 4.78 is 3.51. The molecule has 0 amide bonds. The van der Waals surface area contributed by atoms with E-state index < -0.39 is 0 Å². The van der Waals surface area contributed by atoms with Gasteiger partial charge in [-0.05, 0) is 19.1 Å². The van der Waals surface area contributed by atoms with Gasteiger partial charge >= 0.3 is 0 Å². The number of aryl methyl sites for hydroxylation is 3. The molecule has 2 aromatic heterocycles. The molecule has 106 valence electrons. The molecule has 2 heterocycles. The third kappa shape index (κ3) is 2.56. The van der Waals surface area contributed by atoms with Gasteiger partial charge in [0.05, 0.1) is 5.56 Å². The first kappa shape index (κ1) is 13.9. The monoisotopic (exact) mass is 275 g/mol. The summed E-state index contributed by atoms with van der Waals surface area (Å²) in [7, 11) is 1.91. The molecule has 0 aromatic carbocycles. The molecule has 0 spiro atoms. The van der Waals surface area contributed by atoms with Gasteiger partial charge in [0.2, 0.25) is 0 Å². The molecule has 0 aliphatic rings. The average molecular weight is 275 g/mol. The van der Waals surface area contributed by atoms with Crippen LogP contribution in [0.4, 0.5) is 0 Å². The minimum absolute atomic E-state index is 0.180. The molecule has 7 nitrogen and oxygen atoms in total. The maximum atomic E-state index is 12.3. The van der Waals surface area contributed by atoms with Crippen LogP contribution in [0.5, 0.6) is 0 Å². The van der Waals surface area contributed by atoms with Gasteiger partial charge in [-0.1, -0.05) is 5.16 Å². The molecule has 0 saturated carbocycles. The van der Waals surface area contributed by atoms with Crippen LogP contribution in [0.25, 0.3) is 0 Å². The zero-order valence-electron chi connectivity index (χ0n) is 11.4. The molecule has 0 unspecified atom stereocenters. The fourth-order valence-corrected chi connectivity index (χ4v) is 2.05. The Balaban J connectivity index is 2.32. The molecule has 2 rings (SSSR count).